The van der Waals surface area contributed by atoms with Crippen LogP contribution in [0.1, 0.15) is 5.69 Å². The van der Waals surface area contributed by atoms with Crippen molar-refractivity contribution in [2.24, 2.45) is 0 Å². The van der Waals surface area contributed by atoms with Crippen LogP contribution in [0, 0.1) is 6.92 Å². The van der Waals surface area contributed by atoms with E-state index >= 15 is 0 Å². The van der Waals surface area contributed by atoms with E-state index < -0.39 is 0 Å². The van der Waals surface area contributed by atoms with Crippen molar-refractivity contribution in [3.63, 3.8) is 0 Å². The number of aryl methyl sites for hydroxylation is 1. The van der Waals surface area contributed by atoms with Crippen LogP contribution >= 0.6 is 22.9 Å². The number of benzene rings is 1. The summed E-state index contributed by atoms with van der Waals surface area (Å²) in [7, 11) is 0. The fourth-order valence-electron chi connectivity index (χ4n) is 1.71. The Morgan fingerprint density at radius 2 is 2.22 bits per heavy atom. The number of nitrogens with zero attached hydrogens (tertiary/aromatic N) is 3. The van der Waals surface area contributed by atoms with E-state index in [9.17, 15) is 4.79 Å². The molecule has 1 amide bonds. The molecule has 1 aromatic carbocycles. The fraction of sp³-hybridized carbons (Fsp3) is 0.143. The number of amides is 1. The number of hydrogen-bond donors (Lipinski definition) is 1. The molecule has 0 atom stereocenters. The normalized spacial score (nSPS) is 10.5. The zero-order chi connectivity index (χ0) is 16.2. The number of thiazole rings is 1. The van der Waals surface area contributed by atoms with Crippen LogP contribution in [-0.2, 0) is 4.79 Å². The summed E-state index contributed by atoms with van der Waals surface area (Å²) in [4.78, 5) is 19.9. The summed E-state index contributed by atoms with van der Waals surface area (Å²) >= 11 is 7.39. The van der Waals surface area contributed by atoms with Crippen molar-refractivity contribution in [2.75, 3.05) is 11.9 Å². The highest BCUT2D eigenvalue weighted by atomic mass is 35.5. The van der Waals surface area contributed by atoms with Crippen LogP contribution in [0.25, 0.3) is 11.4 Å². The number of carbonyl (C=O) groups is 1. The second-order valence-electron chi connectivity index (χ2n) is 4.49. The maximum absolute atomic E-state index is 11.7. The molecular weight excluding hydrogens is 340 g/mol. The Labute approximate surface area is 140 Å². The predicted molar refractivity (Wildman–Crippen MR) is 85.7 cm³/mol. The first kappa shape index (κ1) is 15.4. The number of rotatable bonds is 5. The van der Waals surface area contributed by atoms with Crippen LogP contribution in [0.3, 0.4) is 0 Å². The lowest BCUT2D eigenvalue weighted by Gasteiger charge is -2.00. The van der Waals surface area contributed by atoms with Gasteiger partial charge in [0.1, 0.15) is 0 Å². The Morgan fingerprint density at radius 3 is 2.96 bits per heavy atom. The van der Waals surface area contributed by atoms with Crippen LogP contribution in [0.5, 0.6) is 6.08 Å². The number of nitrogens with one attached hydrogen (secondary N) is 1. The summed E-state index contributed by atoms with van der Waals surface area (Å²) in [5, 5.41) is 9.24. The number of hydrogen-bond acceptors (Lipinski definition) is 7. The van der Waals surface area contributed by atoms with Gasteiger partial charge in [0.2, 0.25) is 5.82 Å². The lowest BCUT2D eigenvalue weighted by atomic mass is 10.2. The summed E-state index contributed by atoms with van der Waals surface area (Å²) < 4.78 is 10.1. The third-order valence-electron chi connectivity index (χ3n) is 2.71. The summed E-state index contributed by atoms with van der Waals surface area (Å²) in [5.41, 5.74) is 1.46. The van der Waals surface area contributed by atoms with Gasteiger partial charge in [-0.2, -0.15) is 4.98 Å². The topological polar surface area (TPSA) is 90.1 Å². The van der Waals surface area contributed by atoms with Crippen LogP contribution in [0.15, 0.2) is 34.2 Å². The molecule has 0 unspecified atom stereocenters. The van der Waals surface area contributed by atoms with Crippen LogP contribution < -0.4 is 10.1 Å². The molecule has 0 aliphatic heterocycles. The third kappa shape index (κ3) is 3.85. The van der Waals surface area contributed by atoms with E-state index in [4.69, 9.17) is 20.9 Å². The molecular formula is C14H11ClN4O3S. The minimum absolute atomic E-state index is 0.106. The second kappa shape index (κ2) is 6.76. The van der Waals surface area contributed by atoms with Gasteiger partial charge in [0.15, 0.2) is 11.7 Å². The second-order valence-corrected chi connectivity index (χ2v) is 5.76. The van der Waals surface area contributed by atoms with Crippen molar-refractivity contribution < 1.29 is 14.1 Å². The Morgan fingerprint density at radius 1 is 1.39 bits per heavy atom. The Bertz CT molecular complexity index is 833. The molecule has 0 radical (unpaired) electrons. The van der Waals surface area contributed by atoms with Gasteiger partial charge in [-0.05, 0) is 19.1 Å². The molecule has 1 N–H and O–H groups in total. The predicted octanol–water partition coefficient (Wildman–Crippen LogP) is 3.17. The molecule has 2 aromatic heterocycles. The van der Waals surface area contributed by atoms with Crippen molar-refractivity contribution in [3.8, 4) is 17.5 Å². The van der Waals surface area contributed by atoms with E-state index in [2.05, 4.69) is 20.4 Å². The van der Waals surface area contributed by atoms with Gasteiger partial charge in [-0.25, -0.2) is 4.98 Å². The molecule has 0 aliphatic carbocycles. The number of anilines is 1. The molecule has 0 saturated heterocycles. The van der Waals surface area contributed by atoms with E-state index in [0.29, 0.717) is 21.5 Å². The summed E-state index contributed by atoms with van der Waals surface area (Å²) in [6.07, 6.45) is -0.106. The molecule has 0 bridgehead atoms. The molecule has 118 valence electrons. The van der Waals surface area contributed by atoms with E-state index in [1.165, 1.54) is 11.3 Å². The van der Waals surface area contributed by atoms with E-state index in [1.807, 2.05) is 18.4 Å². The smallest absolute Gasteiger partial charge is 0.418 e. The van der Waals surface area contributed by atoms with Crippen LogP contribution in [0.2, 0.25) is 5.02 Å². The minimum Gasteiger partial charge on any atom is -0.439 e. The zero-order valence-corrected chi connectivity index (χ0v) is 13.5. The van der Waals surface area contributed by atoms with Gasteiger partial charge in [0.25, 0.3) is 5.91 Å². The average Bonchev–Trinajstić information content (AvgIpc) is 3.15. The third-order valence-corrected chi connectivity index (χ3v) is 3.92. The van der Waals surface area contributed by atoms with Crippen molar-refractivity contribution in [2.45, 2.75) is 6.92 Å². The molecule has 9 heteroatoms. The highest BCUT2D eigenvalue weighted by Crippen LogP contribution is 2.26. The maximum Gasteiger partial charge on any atom is 0.418 e. The van der Waals surface area contributed by atoms with Crippen LogP contribution in [0.4, 0.5) is 5.13 Å². The molecule has 3 aromatic rings. The number of ether oxygens (including phenoxy) is 1. The van der Waals surface area contributed by atoms with Crippen molar-refractivity contribution in [1.82, 2.24) is 15.1 Å². The van der Waals surface area contributed by atoms with E-state index in [-0.39, 0.29) is 18.6 Å². The Hall–Kier alpha value is -2.45. The monoisotopic (exact) mass is 350 g/mol. The van der Waals surface area contributed by atoms with E-state index in [0.717, 1.165) is 5.69 Å². The summed E-state index contributed by atoms with van der Waals surface area (Å²) in [5.74, 6) is -0.0709. The minimum atomic E-state index is -0.364. The SMILES string of the molecule is Cc1csc(NC(=O)COc2nc(-c3ccccc3Cl)no2)n1. The first-order valence-electron chi connectivity index (χ1n) is 6.55. The van der Waals surface area contributed by atoms with Crippen molar-refractivity contribution >= 4 is 34.0 Å². The molecule has 0 spiro atoms. The molecule has 23 heavy (non-hydrogen) atoms. The lowest BCUT2D eigenvalue weighted by molar-refractivity contribution is -0.118. The maximum atomic E-state index is 11.7. The lowest BCUT2D eigenvalue weighted by Crippen LogP contribution is -2.20. The highest BCUT2D eigenvalue weighted by molar-refractivity contribution is 7.13. The van der Waals surface area contributed by atoms with Gasteiger partial charge < -0.3 is 4.74 Å². The first-order chi connectivity index (χ1) is 11.1. The zero-order valence-electron chi connectivity index (χ0n) is 11.9. The van der Waals surface area contributed by atoms with Crippen LogP contribution in [-0.4, -0.2) is 27.6 Å². The van der Waals surface area contributed by atoms with E-state index in [1.54, 1.807) is 18.2 Å². The Kier molecular flexibility index (Phi) is 4.54. The summed E-state index contributed by atoms with van der Waals surface area (Å²) in [6, 6.07) is 7.08. The molecule has 0 saturated carbocycles. The highest BCUT2D eigenvalue weighted by Gasteiger charge is 2.14. The number of halogens is 1. The van der Waals surface area contributed by atoms with Crippen molar-refractivity contribution in [1.29, 1.82) is 0 Å². The largest absolute Gasteiger partial charge is 0.439 e. The van der Waals surface area contributed by atoms with Gasteiger partial charge >= 0.3 is 6.08 Å². The average molecular weight is 351 g/mol. The van der Waals surface area contributed by atoms with Gasteiger partial charge in [0.05, 0.1) is 10.7 Å². The molecule has 0 aliphatic rings. The Balaban J connectivity index is 1.59. The van der Waals surface area contributed by atoms with Gasteiger partial charge in [-0.3, -0.25) is 14.6 Å². The standard InChI is InChI=1S/C14H11ClN4O3S/c1-8-7-23-13(16-8)17-11(20)6-21-14-18-12(19-22-14)9-4-2-3-5-10(9)15/h2-5,7H,6H2,1H3,(H,16,17,20). The number of aromatic nitrogens is 3. The first-order valence-corrected chi connectivity index (χ1v) is 7.81. The molecule has 0 fully saturated rings. The quantitative estimate of drug-likeness (QED) is 0.760. The van der Waals surface area contributed by atoms with Crippen molar-refractivity contribution in [3.05, 3.63) is 40.4 Å². The molecule has 3 rings (SSSR count). The summed E-state index contributed by atoms with van der Waals surface area (Å²) in [6.45, 7) is 1.58. The fourth-order valence-corrected chi connectivity index (χ4v) is 2.64. The molecule has 7 nitrogen and oxygen atoms in total. The molecule has 2 heterocycles. The number of carbonyl (C=O) groups excluding carboxylic acids is 1. The van der Waals surface area contributed by atoms with Gasteiger partial charge in [-0.15, -0.1) is 11.3 Å². The van der Waals surface area contributed by atoms with Gasteiger partial charge in [0, 0.05) is 10.9 Å². The van der Waals surface area contributed by atoms with Gasteiger partial charge in [-0.1, -0.05) is 28.9 Å².